The molecule has 1 unspecified atom stereocenters. The highest BCUT2D eigenvalue weighted by Crippen LogP contribution is 2.49. The van der Waals surface area contributed by atoms with Crippen LogP contribution in [0.15, 0.2) is 54.6 Å². The molecule has 0 aromatic heterocycles. The van der Waals surface area contributed by atoms with Crippen molar-refractivity contribution in [3.63, 3.8) is 0 Å². The van der Waals surface area contributed by atoms with Gasteiger partial charge >= 0.3 is 0 Å². The Hall–Kier alpha value is -2.17. The lowest BCUT2D eigenvalue weighted by Gasteiger charge is -2.31. The first-order valence-electron chi connectivity index (χ1n) is 9.80. The van der Waals surface area contributed by atoms with Crippen molar-refractivity contribution in [1.82, 2.24) is 9.91 Å². The molecule has 0 spiro atoms. The van der Waals surface area contributed by atoms with Crippen molar-refractivity contribution in [2.45, 2.75) is 31.1 Å². The number of rotatable bonds is 8. The third kappa shape index (κ3) is 3.64. The van der Waals surface area contributed by atoms with Crippen molar-refractivity contribution < 1.29 is 4.79 Å². The van der Waals surface area contributed by atoms with E-state index in [4.69, 9.17) is 0 Å². The second kappa shape index (κ2) is 8.24. The van der Waals surface area contributed by atoms with E-state index in [9.17, 15) is 4.79 Å². The van der Waals surface area contributed by atoms with E-state index in [1.165, 1.54) is 0 Å². The Morgan fingerprint density at radius 2 is 1.52 bits per heavy atom. The summed E-state index contributed by atoms with van der Waals surface area (Å²) in [4.78, 5) is 16.0. The molecule has 1 aliphatic heterocycles. The molecule has 0 aliphatic carbocycles. The van der Waals surface area contributed by atoms with Gasteiger partial charge in [0.2, 0.25) is 0 Å². The molecule has 1 aliphatic rings. The second-order valence-electron chi connectivity index (χ2n) is 7.87. The van der Waals surface area contributed by atoms with Crippen LogP contribution in [0, 0.1) is 0 Å². The Labute approximate surface area is 163 Å². The first-order valence-corrected chi connectivity index (χ1v) is 9.80. The average Bonchev–Trinajstić information content (AvgIpc) is 2.91. The molecular formula is C23H31N3O. The standard InChI is InChI=1S/C23H31N3O/c1-24(2)18-12-6-11-17-23(19-13-7-5-8-14-19)20-15-9-10-16-21(20)26(22(23)27)25(3)4/h5,7-10,13-16H,6,11-12,17-18H2,1-4H3. The van der Waals surface area contributed by atoms with E-state index in [0.29, 0.717) is 0 Å². The third-order valence-corrected chi connectivity index (χ3v) is 5.47. The molecule has 144 valence electrons. The van der Waals surface area contributed by atoms with Crippen molar-refractivity contribution in [3.05, 3.63) is 65.7 Å². The molecule has 0 fully saturated rings. The van der Waals surface area contributed by atoms with Gasteiger partial charge in [0.25, 0.3) is 5.91 Å². The largest absolute Gasteiger partial charge is 0.309 e. The lowest BCUT2D eigenvalue weighted by atomic mass is 9.72. The fourth-order valence-electron chi connectivity index (χ4n) is 4.20. The number of carbonyl (C=O) groups excluding carboxylic acids is 1. The smallest absolute Gasteiger partial charge is 0.256 e. The fourth-order valence-corrected chi connectivity index (χ4v) is 4.20. The molecule has 4 heteroatoms. The highest BCUT2D eigenvalue weighted by atomic mass is 16.2. The quantitative estimate of drug-likeness (QED) is 0.664. The minimum Gasteiger partial charge on any atom is -0.309 e. The van der Waals surface area contributed by atoms with Crippen LogP contribution in [0.25, 0.3) is 0 Å². The number of carbonyl (C=O) groups is 1. The minimum atomic E-state index is -0.597. The molecule has 4 nitrogen and oxygen atoms in total. The summed E-state index contributed by atoms with van der Waals surface area (Å²) in [5, 5.41) is 3.74. The van der Waals surface area contributed by atoms with Crippen molar-refractivity contribution in [3.8, 4) is 0 Å². The minimum absolute atomic E-state index is 0.160. The van der Waals surface area contributed by atoms with Crippen LogP contribution in [0.5, 0.6) is 0 Å². The molecule has 2 aromatic rings. The van der Waals surface area contributed by atoms with Crippen LogP contribution in [-0.4, -0.2) is 50.6 Å². The maximum atomic E-state index is 13.8. The third-order valence-electron chi connectivity index (χ3n) is 5.47. The van der Waals surface area contributed by atoms with Crippen molar-refractivity contribution >= 4 is 11.6 Å². The predicted octanol–water partition coefficient (Wildman–Crippen LogP) is 3.92. The number of unbranched alkanes of at least 4 members (excludes halogenated alkanes) is 2. The summed E-state index contributed by atoms with van der Waals surface area (Å²) in [5.41, 5.74) is 2.63. The van der Waals surface area contributed by atoms with Gasteiger partial charge in [-0.2, -0.15) is 0 Å². The maximum absolute atomic E-state index is 13.8. The first kappa shape index (κ1) is 19.6. The van der Waals surface area contributed by atoms with Gasteiger partial charge in [-0.05, 0) is 50.7 Å². The van der Waals surface area contributed by atoms with Gasteiger partial charge in [0, 0.05) is 14.1 Å². The number of benzene rings is 2. The van der Waals surface area contributed by atoms with Crippen LogP contribution in [0.1, 0.15) is 36.8 Å². The number of fused-ring (bicyclic) bond motifs is 1. The Bertz CT molecular complexity index is 772. The van der Waals surface area contributed by atoms with Crippen LogP contribution in [-0.2, 0) is 10.2 Å². The number of para-hydroxylation sites is 1. The van der Waals surface area contributed by atoms with Gasteiger partial charge in [0.1, 0.15) is 5.41 Å². The molecule has 1 atom stereocenters. The van der Waals surface area contributed by atoms with Gasteiger partial charge in [0.05, 0.1) is 5.69 Å². The van der Waals surface area contributed by atoms with E-state index >= 15 is 0 Å². The van der Waals surface area contributed by atoms with Gasteiger partial charge in [-0.25, -0.2) is 10.0 Å². The molecule has 0 saturated carbocycles. The Morgan fingerprint density at radius 1 is 0.852 bits per heavy atom. The van der Waals surface area contributed by atoms with Crippen LogP contribution in [0.4, 0.5) is 5.69 Å². The number of nitrogens with zero attached hydrogens (tertiary/aromatic N) is 3. The molecule has 0 radical (unpaired) electrons. The predicted molar refractivity (Wildman–Crippen MR) is 112 cm³/mol. The van der Waals surface area contributed by atoms with Crippen LogP contribution < -0.4 is 5.01 Å². The summed E-state index contributed by atoms with van der Waals surface area (Å²) in [5.74, 6) is 0.160. The molecular weight excluding hydrogens is 334 g/mol. The fraction of sp³-hybridized carbons (Fsp3) is 0.435. The van der Waals surface area contributed by atoms with E-state index in [0.717, 1.165) is 49.0 Å². The lowest BCUT2D eigenvalue weighted by molar-refractivity contribution is -0.124. The first-order chi connectivity index (χ1) is 13.0. The van der Waals surface area contributed by atoms with Crippen molar-refractivity contribution in [2.75, 3.05) is 39.7 Å². The van der Waals surface area contributed by atoms with Crippen LogP contribution >= 0.6 is 0 Å². The van der Waals surface area contributed by atoms with E-state index in [-0.39, 0.29) is 5.91 Å². The normalized spacial score (nSPS) is 19.2. The van der Waals surface area contributed by atoms with Crippen LogP contribution in [0.2, 0.25) is 0 Å². The number of anilines is 1. The number of hydrazine groups is 1. The molecule has 27 heavy (non-hydrogen) atoms. The highest BCUT2D eigenvalue weighted by Gasteiger charge is 2.52. The molecule has 3 rings (SSSR count). The highest BCUT2D eigenvalue weighted by molar-refractivity contribution is 6.09. The molecule has 2 aromatic carbocycles. The zero-order valence-corrected chi connectivity index (χ0v) is 17.0. The van der Waals surface area contributed by atoms with E-state index < -0.39 is 5.41 Å². The second-order valence-corrected chi connectivity index (χ2v) is 7.87. The molecule has 0 bridgehead atoms. The van der Waals surface area contributed by atoms with E-state index in [1.807, 2.05) is 48.4 Å². The number of hydrogen-bond acceptors (Lipinski definition) is 3. The maximum Gasteiger partial charge on any atom is 0.256 e. The summed E-state index contributed by atoms with van der Waals surface area (Å²) in [6.45, 7) is 1.09. The molecule has 0 N–H and O–H groups in total. The summed E-state index contributed by atoms with van der Waals surface area (Å²) in [6, 6.07) is 18.6. The Kier molecular flexibility index (Phi) is 5.98. The molecule has 0 saturated heterocycles. The monoisotopic (exact) mass is 365 g/mol. The zero-order valence-electron chi connectivity index (χ0n) is 17.0. The summed E-state index contributed by atoms with van der Waals surface area (Å²) >= 11 is 0. The molecule has 1 amide bonds. The van der Waals surface area contributed by atoms with Crippen molar-refractivity contribution in [2.24, 2.45) is 0 Å². The Morgan fingerprint density at radius 3 is 2.19 bits per heavy atom. The van der Waals surface area contributed by atoms with Crippen LogP contribution in [0.3, 0.4) is 0 Å². The summed E-state index contributed by atoms with van der Waals surface area (Å²) in [7, 11) is 8.09. The lowest BCUT2D eigenvalue weighted by Crippen LogP contribution is -2.47. The van der Waals surface area contributed by atoms with Gasteiger partial charge in [-0.15, -0.1) is 0 Å². The Balaban J connectivity index is 1.99. The van der Waals surface area contributed by atoms with Crippen molar-refractivity contribution in [1.29, 1.82) is 0 Å². The van der Waals surface area contributed by atoms with Gasteiger partial charge in [-0.3, -0.25) is 4.79 Å². The SMILES string of the molecule is CN(C)CCCCCC1(c2ccccc2)C(=O)N(N(C)C)c2ccccc21. The molecule has 1 heterocycles. The van der Waals surface area contributed by atoms with E-state index in [2.05, 4.69) is 49.3 Å². The summed E-state index contributed by atoms with van der Waals surface area (Å²) in [6.07, 6.45) is 4.16. The van der Waals surface area contributed by atoms with Gasteiger partial charge < -0.3 is 4.90 Å². The average molecular weight is 366 g/mol. The zero-order chi connectivity index (χ0) is 19.4. The summed E-state index contributed by atoms with van der Waals surface area (Å²) < 4.78 is 0. The van der Waals surface area contributed by atoms with Gasteiger partial charge in [-0.1, -0.05) is 61.4 Å². The van der Waals surface area contributed by atoms with E-state index in [1.54, 1.807) is 0 Å². The topological polar surface area (TPSA) is 26.8 Å². The number of hydrogen-bond donors (Lipinski definition) is 0. The number of amides is 1. The van der Waals surface area contributed by atoms with Gasteiger partial charge in [0.15, 0.2) is 0 Å².